The first-order valence-corrected chi connectivity index (χ1v) is 6.80. The number of pyridine rings is 1. The van der Waals surface area contributed by atoms with Crippen LogP contribution in [0.2, 0.25) is 0 Å². The molecule has 0 aliphatic carbocycles. The molecule has 0 saturated heterocycles. The minimum absolute atomic E-state index is 0.291. The maximum absolute atomic E-state index is 13.1. The van der Waals surface area contributed by atoms with Crippen LogP contribution in [0.1, 0.15) is 22.8 Å². The summed E-state index contributed by atoms with van der Waals surface area (Å²) in [4.78, 5) is 4.31. The van der Waals surface area contributed by atoms with E-state index in [0.717, 1.165) is 21.3 Å². The average Bonchev–Trinajstić information content (AvgIpc) is 2.85. The molecular formula is C15H12FNOS. The standard InChI is InChI=1S/C15H12FNOS/c1-9-6-11(16)2-3-12(9)15(18)10-7-14-13(17-8-10)4-5-19-14/h2-8,15,18H,1H3. The molecule has 3 rings (SSSR count). The van der Waals surface area contributed by atoms with E-state index in [-0.39, 0.29) is 5.82 Å². The van der Waals surface area contributed by atoms with Gasteiger partial charge in [-0.25, -0.2) is 4.39 Å². The van der Waals surface area contributed by atoms with Crippen LogP contribution in [-0.4, -0.2) is 10.1 Å². The van der Waals surface area contributed by atoms with Crippen molar-refractivity contribution in [2.75, 3.05) is 0 Å². The Balaban J connectivity index is 2.04. The Labute approximate surface area is 114 Å². The fourth-order valence-electron chi connectivity index (χ4n) is 2.14. The number of hydrogen-bond donors (Lipinski definition) is 1. The van der Waals surface area contributed by atoms with Crippen LogP contribution in [0.15, 0.2) is 41.9 Å². The van der Waals surface area contributed by atoms with Crippen molar-refractivity contribution in [1.82, 2.24) is 4.98 Å². The third kappa shape index (κ3) is 2.25. The van der Waals surface area contributed by atoms with Crippen molar-refractivity contribution in [3.05, 3.63) is 64.4 Å². The number of aliphatic hydroxyl groups excluding tert-OH is 1. The lowest BCUT2D eigenvalue weighted by Gasteiger charge is -2.14. The van der Waals surface area contributed by atoms with E-state index in [1.807, 2.05) is 17.5 Å². The number of aromatic nitrogens is 1. The summed E-state index contributed by atoms with van der Waals surface area (Å²) in [5.41, 5.74) is 3.10. The van der Waals surface area contributed by atoms with Gasteiger partial charge in [-0.3, -0.25) is 4.98 Å². The first-order chi connectivity index (χ1) is 9.15. The fraction of sp³-hybridized carbons (Fsp3) is 0.133. The first kappa shape index (κ1) is 12.3. The Morgan fingerprint density at radius 2 is 2.11 bits per heavy atom. The zero-order valence-corrected chi connectivity index (χ0v) is 11.1. The number of benzene rings is 1. The molecule has 0 spiro atoms. The fourth-order valence-corrected chi connectivity index (χ4v) is 2.93. The molecule has 96 valence electrons. The second-order valence-electron chi connectivity index (χ2n) is 4.48. The lowest BCUT2D eigenvalue weighted by atomic mass is 9.98. The van der Waals surface area contributed by atoms with Gasteiger partial charge in [-0.1, -0.05) is 6.07 Å². The van der Waals surface area contributed by atoms with E-state index in [4.69, 9.17) is 0 Å². The van der Waals surface area contributed by atoms with E-state index in [1.54, 1.807) is 30.5 Å². The van der Waals surface area contributed by atoms with Gasteiger partial charge in [0, 0.05) is 11.8 Å². The quantitative estimate of drug-likeness (QED) is 0.770. The molecule has 0 aliphatic heterocycles. The summed E-state index contributed by atoms with van der Waals surface area (Å²) in [6.07, 6.45) is 0.891. The van der Waals surface area contributed by atoms with Crippen molar-refractivity contribution in [2.45, 2.75) is 13.0 Å². The molecule has 1 aromatic carbocycles. The number of nitrogens with zero attached hydrogens (tertiary/aromatic N) is 1. The largest absolute Gasteiger partial charge is 0.384 e. The lowest BCUT2D eigenvalue weighted by Crippen LogP contribution is -2.02. The second kappa shape index (κ2) is 4.72. The molecule has 1 N–H and O–H groups in total. The van der Waals surface area contributed by atoms with Crippen LogP contribution in [0.3, 0.4) is 0 Å². The molecule has 3 aromatic rings. The van der Waals surface area contributed by atoms with E-state index >= 15 is 0 Å². The summed E-state index contributed by atoms with van der Waals surface area (Å²) < 4.78 is 14.1. The van der Waals surface area contributed by atoms with Crippen LogP contribution >= 0.6 is 11.3 Å². The zero-order chi connectivity index (χ0) is 13.4. The summed E-state index contributed by atoms with van der Waals surface area (Å²) in [6.45, 7) is 1.79. The predicted octanol–water partition coefficient (Wildman–Crippen LogP) is 3.83. The Kier molecular flexibility index (Phi) is 3.05. The highest BCUT2D eigenvalue weighted by Crippen LogP contribution is 2.28. The SMILES string of the molecule is Cc1cc(F)ccc1C(O)c1cnc2ccsc2c1. The molecule has 4 heteroatoms. The molecule has 0 amide bonds. The van der Waals surface area contributed by atoms with E-state index in [2.05, 4.69) is 4.98 Å². The molecule has 2 heterocycles. The molecule has 1 atom stereocenters. The van der Waals surface area contributed by atoms with Gasteiger partial charge in [0.25, 0.3) is 0 Å². The Bertz CT molecular complexity index is 738. The van der Waals surface area contributed by atoms with Gasteiger partial charge in [-0.05, 0) is 47.7 Å². The molecule has 0 saturated carbocycles. The Hall–Kier alpha value is -1.78. The highest BCUT2D eigenvalue weighted by atomic mass is 32.1. The van der Waals surface area contributed by atoms with Crippen molar-refractivity contribution in [3.63, 3.8) is 0 Å². The van der Waals surface area contributed by atoms with E-state index in [1.165, 1.54) is 12.1 Å². The number of aliphatic hydroxyl groups is 1. The van der Waals surface area contributed by atoms with E-state index in [9.17, 15) is 9.50 Å². The molecule has 0 fully saturated rings. The van der Waals surface area contributed by atoms with Crippen molar-refractivity contribution >= 4 is 21.6 Å². The van der Waals surface area contributed by atoms with Crippen molar-refractivity contribution in [1.29, 1.82) is 0 Å². The average molecular weight is 273 g/mol. The van der Waals surface area contributed by atoms with Gasteiger partial charge in [-0.2, -0.15) is 0 Å². The van der Waals surface area contributed by atoms with Gasteiger partial charge < -0.3 is 5.11 Å². The second-order valence-corrected chi connectivity index (χ2v) is 5.42. The van der Waals surface area contributed by atoms with E-state index in [0.29, 0.717) is 5.56 Å². The smallest absolute Gasteiger partial charge is 0.123 e. The van der Waals surface area contributed by atoms with Crippen molar-refractivity contribution in [3.8, 4) is 0 Å². The number of aryl methyl sites for hydroxylation is 1. The van der Waals surface area contributed by atoms with Gasteiger partial charge in [0.15, 0.2) is 0 Å². The van der Waals surface area contributed by atoms with Gasteiger partial charge in [0.2, 0.25) is 0 Å². The first-order valence-electron chi connectivity index (χ1n) is 5.92. The number of rotatable bonds is 2. The van der Waals surface area contributed by atoms with Crippen LogP contribution in [0.4, 0.5) is 4.39 Å². The minimum atomic E-state index is -0.778. The van der Waals surface area contributed by atoms with Crippen LogP contribution in [0.25, 0.3) is 10.2 Å². The third-order valence-electron chi connectivity index (χ3n) is 3.17. The molecule has 0 radical (unpaired) electrons. The Morgan fingerprint density at radius 3 is 2.89 bits per heavy atom. The van der Waals surface area contributed by atoms with Crippen LogP contribution in [0.5, 0.6) is 0 Å². The monoisotopic (exact) mass is 273 g/mol. The zero-order valence-electron chi connectivity index (χ0n) is 10.3. The molecule has 2 nitrogen and oxygen atoms in total. The number of hydrogen-bond acceptors (Lipinski definition) is 3. The normalized spacial score (nSPS) is 12.8. The van der Waals surface area contributed by atoms with Gasteiger partial charge in [0.05, 0.1) is 10.2 Å². The van der Waals surface area contributed by atoms with Gasteiger partial charge in [-0.15, -0.1) is 11.3 Å². The number of fused-ring (bicyclic) bond motifs is 1. The molecule has 0 aliphatic rings. The van der Waals surface area contributed by atoms with Crippen molar-refractivity contribution < 1.29 is 9.50 Å². The van der Waals surface area contributed by atoms with Crippen LogP contribution in [0, 0.1) is 12.7 Å². The number of thiophene rings is 1. The summed E-state index contributed by atoms with van der Waals surface area (Å²) in [5.74, 6) is -0.291. The summed E-state index contributed by atoms with van der Waals surface area (Å²) in [6, 6.07) is 8.28. The number of halogens is 1. The van der Waals surface area contributed by atoms with Crippen LogP contribution in [-0.2, 0) is 0 Å². The maximum atomic E-state index is 13.1. The molecule has 0 bridgehead atoms. The topological polar surface area (TPSA) is 33.1 Å². The van der Waals surface area contributed by atoms with E-state index < -0.39 is 6.10 Å². The molecule has 1 unspecified atom stereocenters. The van der Waals surface area contributed by atoms with Gasteiger partial charge in [0.1, 0.15) is 11.9 Å². The Morgan fingerprint density at radius 1 is 1.26 bits per heavy atom. The van der Waals surface area contributed by atoms with Crippen molar-refractivity contribution in [2.24, 2.45) is 0 Å². The third-order valence-corrected chi connectivity index (χ3v) is 4.02. The molecule has 19 heavy (non-hydrogen) atoms. The van der Waals surface area contributed by atoms with Crippen LogP contribution < -0.4 is 0 Å². The summed E-state index contributed by atoms with van der Waals surface area (Å²) >= 11 is 1.59. The van der Waals surface area contributed by atoms with Gasteiger partial charge >= 0.3 is 0 Å². The predicted molar refractivity (Wildman–Crippen MR) is 74.8 cm³/mol. The maximum Gasteiger partial charge on any atom is 0.123 e. The highest BCUT2D eigenvalue weighted by molar-refractivity contribution is 7.17. The molecular weight excluding hydrogens is 261 g/mol. The molecule has 2 aromatic heterocycles. The highest BCUT2D eigenvalue weighted by Gasteiger charge is 2.14. The minimum Gasteiger partial charge on any atom is -0.384 e. The summed E-state index contributed by atoms with van der Waals surface area (Å²) in [5, 5.41) is 12.4. The lowest BCUT2D eigenvalue weighted by molar-refractivity contribution is 0.219. The summed E-state index contributed by atoms with van der Waals surface area (Å²) in [7, 11) is 0.